The van der Waals surface area contributed by atoms with Gasteiger partial charge in [0.05, 0.1) is 6.20 Å². The standard InChI is InChI=1S/C16H13BrClN5/c1-10-8-11(17)2-7-14(10)21-16-22-15(9-19-23-16)20-13-5-3-12(18)4-6-13/h2-9H,1H3,(H2,20,21,22,23). The van der Waals surface area contributed by atoms with Gasteiger partial charge >= 0.3 is 0 Å². The number of rotatable bonds is 4. The van der Waals surface area contributed by atoms with Crippen LogP contribution in [0.4, 0.5) is 23.1 Å². The molecule has 7 heteroatoms. The van der Waals surface area contributed by atoms with Gasteiger partial charge in [0.25, 0.3) is 0 Å². The molecule has 0 bridgehead atoms. The van der Waals surface area contributed by atoms with Gasteiger partial charge in [0.15, 0.2) is 5.82 Å². The normalized spacial score (nSPS) is 10.4. The second kappa shape index (κ2) is 6.93. The molecule has 2 aromatic carbocycles. The summed E-state index contributed by atoms with van der Waals surface area (Å²) in [5.41, 5.74) is 2.89. The van der Waals surface area contributed by atoms with Crippen molar-refractivity contribution in [3.05, 3.63) is 63.7 Å². The van der Waals surface area contributed by atoms with Crippen LogP contribution in [-0.2, 0) is 0 Å². The zero-order valence-corrected chi connectivity index (χ0v) is 14.6. The highest BCUT2D eigenvalue weighted by Crippen LogP contribution is 2.23. The first-order valence-electron chi connectivity index (χ1n) is 6.86. The molecule has 23 heavy (non-hydrogen) atoms. The van der Waals surface area contributed by atoms with Crippen LogP contribution in [0.2, 0.25) is 5.02 Å². The molecule has 1 heterocycles. The average molecular weight is 391 g/mol. The SMILES string of the molecule is Cc1cc(Br)ccc1Nc1nncc(Nc2ccc(Cl)cc2)n1. The van der Waals surface area contributed by atoms with E-state index in [0.29, 0.717) is 16.8 Å². The Morgan fingerprint density at radius 1 is 1.04 bits per heavy atom. The van der Waals surface area contributed by atoms with Gasteiger partial charge in [-0.1, -0.05) is 27.5 Å². The topological polar surface area (TPSA) is 62.7 Å². The third kappa shape index (κ3) is 4.18. The summed E-state index contributed by atoms with van der Waals surface area (Å²) in [5, 5.41) is 15.0. The van der Waals surface area contributed by atoms with Crippen LogP contribution < -0.4 is 10.6 Å². The molecule has 3 rings (SSSR count). The van der Waals surface area contributed by atoms with Gasteiger partial charge in [0.1, 0.15) is 0 Å². The van der Waals surface area contributed by atoms with Crippen molar-refractivity contribution in [3.8, 4) is 0 Å². The van der Waals surface area contributed by atoms with E-state index in [0.717, 1.165) is 21.4 Å². The molecule has 0 aliphatic rings. The minimum atomic E-state index is 0.425. The molecule has 2 N–H and O–H groups in total. The molecule has 5 nitrogen and oxygen atoms in total. The highest BCUT2D eigenvalue weighted by molar-refractivity contribution is 9.10. The Kier molecular flexibility index (Phi) is 4.73. The van der Waals surface area contributed by atoms with Crippen molar-refractivity contribution in [2.45, 2.75) is 6.92 Å². The van der Waals surface area contributed by atoms with Gasteiger partial charge in [-0.25, -0.2) is 0 Å². The van der Waals surface area contributed by atoms with Crippen LogP contribution in [0.3, 0.4) is 0 Å². The van der Waals surface area contributed by atoms with Gasteiger partial charge in [-0.3, -0.25) is 0 Å². The molecular formula is C16H13BrClN5. The van der Waals surface area contributed by atoms with Crippen LogP contribution in [0.5, 0.6) is 0 Å². The maximum Gasteiger partial charge on any atom is 0.249 e. The maximum atomic E-state index is 5.88. The molecule has 116 valence electrons. The lowest BCUT2D eigenvalue weighted by atomic mass is 10.2. The van der Waals surface area contributed by atoms with Gasteiger partial charge in [-0.2, -0.15) is 10.1 Å². The van der Waals surface area contributed by atoms with E-state index in [1.165, 1.54) is 0 Å². The smallest absolute Gasteiger partial charge is 0.249 e. The first-order chi connectivity index (χ1) is 11.1. The van der Waals surface area contributed by atoms with Gasteiger partial charge < -0.3 is 10.6 Å². The summed E-state index contributed by atoms with van der Waals surface area (Å²) in [6, 6.07) is 13.3. The van der Waals surface area contributed by atoms with E-state index in [9.17, 15) is 0 Å². The van der Waals surface area contributed by atoms with Crippen LogP contribution in [0.15, 0.2) is 53.1 Å². The fraction of sp³-hybridized carbons (Fsp3) is 0.0625. The summed E-state index contributed by atoms with van der Waals surface area (Å²) in [7, 11) is 0. The third-order valence-electron chi connectivity index (χ3n) is 3.11. The number of hydrogen-bond donors (Lipinski definition) is 2. The number of nitrogens with zero attached hydrogens (tertiary/aromatic N) is 3. The van der Waals surface area contributed by atoms with E-state index in [4.69, 9.17) is 11.6 Å². The molecular weight excluding hydrogens is 378 g/mol. The Morgan fingerprint density at radius 2 is 1.83 bits per heavy atom. The van der Waals surface area contributed by atoms with E-state index in [1.807, 2.05) is 49.4 Å². The van der Waals surface area contributed by atoms with Gasteiger partial charge in [0.2, 0.25) is 5.95 Å². The summed E-state index contributed by atoms with van der Waals surface area (Å²) >= 11 is 9.32. The number of halogens is 2. The highest BCUT2D eigenvalue weighted by atomic mass is 79.9. The molecule has 0 aliphatic carbocycles. The lowest BCUT2D eigenvalue weighted by Crippen LogP contribution is -2.03. The second-order valence-corrected chi connectivity index (χ2v) is 6.23. The molecule has 0 aliphatic heterocycles. The van der Waals surface area contributed by atoms with Crippen molar-refractivity contribution >= 4 is 50.7 Å². The summed E-state index contributed by atoms with van der Waals surface area (Å²) in [6.45, 7) is 2.01. The van der Waals surface area contributed by atoms with Gasteiger partial charge in [-0.15, -0.1) is 5.10 Å². The Bertz CT molecular complexity index is 823. The molecule has 3 aromatic rings. The lowest BCUT2D eigenvalue weighted by molar-refractivity contribution is 0.981. The van der Waals surface area contributed by atoms with Crippen molar-refractivity contribution in [2.75, 3.05) is 10.6 Å². The fourth-order valence-electron chi connectivity index (χ4n) is 1.99. The van der Waals surface area contributed by atoms with Crippen molar-refractivity contribution in [1.82, 2.24) is 15.2 Å². The van der Waals surface area contributed by atoms with E-state index in [1.54, 1.807) is 6.20 Å². The lowest BCUT2D eigenvalue weighted by Gasteiger charge is -2.09. The zero-order chi connectivity index (χ0) is 16.2. The Balaban J connectivity index is 1.78. The molecule has 1 aromatic heterocycles. The number of hydrogen-bond acceptors (Lipinski definition) is 5. The van der Waals surface area contributed by atoms with E-state index in [2.05, 4.69) is 41.7 Å². The van der Waals surface area contributed by atoms with Crippen molar-refractivity contribution in [3.63, 3.8) is 0 Å². The van der Waals surface area contributed by atoms with Crippen LogP contribution in [0, 0.1) is 6.92 Å². The van der Waals surface area contributed by atoms with E-state index >= 15 is 0 Å². The van der Waals surface area contributed by atoms with Gasteiger partial charge in [-0.05, 0) is 55.0 Å². The van der Waals surface area contributed by atoms with E-state index in [-0.39, 0.29) is 0 Å². The Labute approximate surface area is 147 Å². The largest absolute Gasteiger partial charge is 0.339 e. The fourth-order valence-corrected chi connectivity index (χ4v) is 2.59. The number of benzene rings is 2. The van der Waals surface area contributed by atoms with Crippen LogP contribution in [0.25, 0.3) is 0 Å². The van der Waals surface area contributed by atoms with Crippen LogP contribution >= 0.6 is 27.5 Å². The quantitative estimate of drug-likeness (QED) is 0.650. The Hall–Kier alpha value is -2.18. The average Bonchev–Trinajstić information content (AvgIpc) is 2.53. The van der Waals surface area contributed by atoms with E-state index < -0.39 is 0 Å². The number of nitrogens with one attached hydrogen (secondary N) is 2. The minimum Gasteiger partial charge on any atom is -0.339 e. The summed E-state index contributed by atoms with van der Waals surface area (Å²) in [5.74, 6) is 1.02. The number of anilines is 4. The molecule has 0 saturated heterocycles. The first-order valence-corrected chi connectivity index (χ1v) is 8.03. The van der Waals surface area contributed by atoms with Crippen molar-refractivity contribution in [1.29, 1.82) is 0 Å². The molecule has 0 atom stereocenters. The highest BCUT2D eigenvalue weighted by Gasteiger charge is 2.04. The van der Waals surface area contributed by atoms with Crippen molar-refractivity contribution < 1.29 is 0 Å². The minimum absolute atomic E-state index is 0.425. The molecule has 0 fully saturated rings. The summed E-state index contributed by atoms with van der Waals surface area (Å²) in [4.78, 5) is 4.41. The molecule has 0 amide bonds. The van der Waals surface area contributed by atoms with Gasteiger partial charge in [0, 0.05) is 20.9 Å². The first kappa shape index (κ1) is 15.7. The maximum absolute atomic E-state index is 5.88. The third-order valence-corrected chi connectivity index (χ3v) is 3.86. The summed E-state index contributed by atoms with van der Waals surface area (Å²) in [6.07, 6.45) is 1.56. The van der Waals surface area contributed by atoms with Crippen LogP contribution in [0.1, 0.15) is 5.56 Å². The Morgan fingerprint density at radius 3 is 2.57 bits per heavy atom. The number of aromatic nitrogens is 3. The zero-order valence-electron chi connectivity index (χ0n) is 12.2. The molecule has 0 unspecified atom stereocenters. The second-order valence-electron chi connectivity index (χ2n) is 4.88. The predicted molar refractivity (Wildman–Crippen MR) is 96.7 cm³/mol. The van der Waals surface area contributed by atoms with Crippen LogP contribution in [-0.4, -0.2) is 15.2 Å². The monoisotopic (exact) mass is 389 g/mol. The molecule has 0 spiro atoms. The summed E-state index contributed by atoms with van der Waals surface area (Å²) < 4.78 is 1.03. The van der Waals surface area contributed by atoms with Crippen molar-refractivity contribution in [2.24, 2.45) is 0 Å². The molecule has 0 radical (unpaired) electrons. The predicted octanol–water partition coefficient (Wildman–Crippen LogP) is 5.08. The number of aryl methyl sites for hydroxylation is 1. The molecule has 0 saturated carbocycles.